The molecular weight excluding hydrogens is 432 g/mol. The van der Waals surface area contributed by atoms with Crippen molar-refractivity contribution in [3.05, 3.63) is 0 Å². The van der Waals surface area contributed by atoms with Gasteiger partial charge in [0.25, 0.3) is 16.8 Å². The number of nitrogens with zero attached hydrogens (tertiary/aromatic N) is 12. The number of ether oxygens (including phenoxy) is 3. The minimum absolute atomic E-state index is 0.762. The molecule has 0 amide bonds. The van der Waals surface area contributed by atoms with E-state index in [9.17, 15) is 31.6 Å². The van der Waals surface area contributed by atoms with Crippen LogP contribution in [0.3, 0.4) is 0 Å². The molecule has 0 spiro atoms. The topological polar surface area (TPSA) is 280 Å². The first-order valence-electron chi connectivity index (χ1n) is 8.20. The van der Waals surface area contributed by atoms with Crippen LogP contribution in [-0.4, -0.2) is 31.8 Å². The van der Waals surface area contributed by atoms with Crippen molar-refractivity contribution < 1.29 is 14.2 Å². The van der Waals surface area contributed by atoms with Gasteiger partial charge in [0.2, 0.25) is 0 Å². The van der Waals surface area contributed by atoms with Crippen molar-refractivity contribution in [3.8, 4) is 72.7 Å². The summed E-state index contributed by atoms with van der Waals surface area (Å²) in [6.45, 7) is 0. The normalized spacial score (nSPS) is 9.91. The lowest BCUT2D eigenvalue weighted by Crippen LogP contribution is -2.36. The highest BCUT2D eigenvalue weighted by Gasteiger charge is 2.39. The zero-order chi connectivity index (χ0) is 25.0. The Morgan fingerprint density at radius 2 is 0.667 bits per heavy atom. The molecule has 0 saturated heterocycles. The molecule has 0 aliphatic rings. The van der Waals surface area contributed by atoms with Crippen LogP contribution < -0.4 is 14.2 Å². The zero-order valence-electron chi connectivity index (χ0n) is 16.2. The van der Waals surface area contributed by atoms with E-state index in [1.54, 1.807) is 18.2 Å². The molecular formula is C18H6N12O3. The average molecular weight is 438 g/mol. The van der Waals surface area contributed by atoms with Gasteiger partial charge < -0.3 is 14.2 Å². The van der Waals surface area contributed by atoms with Crippen LogP contribution in [0.2, 0.25) is 0 Å². The Balaban J connectivity index is 3.68. The van der Waals surface area contributed by atoms with Crippen LogP contribution in [0.4, 0.5) is 0 Å². The van der Waals surface area contributed by atoms with Crippen LogP contribution in [-0.2, 0) is 0 Å². The van der Waals surface area contributed by atoms with E-state index < -0.39 is 54.1 Å². The monoisotopic (exact) mass is 438 g/mol. The largest absolute Gasteiger partial charge is 0.426 e. The van der Waals surface area contributed by atoms with Gasteiger partial charge in [-0.1, -0.05) is 0 Å². The maximum atomic E-state index is 9.25. The lowest BCUT2D eigenvalue weighted by Gasteiger charge is -2.20. The fourth-order valence-corrected chi connectivity index (χ4v) is 1.82. The summed E-state index contributed by atoms with van der Waals surface area (Å²) in [6, 6.07) is 10.7. The van der Waals surface area contributed by atoms with E-state index >= 15 is 0 Å². The van der Waals surface area contributed by atoms with E-state index in [1.807, 2.05) is 0 Å². The summed E-state index contributed by atoms with van der Waals surface area (Å²) in [5.41, 5.74) is -7.23. The van der Waals surface area contributed by atoms with Crippen molar-refractivity contribution in [3.63, 3.8) is 0 Å². The summed E-state index contributed by atoms with van der Waals surface area (Å²) in [5, 5.41) is 82.1. The van der Waals surface area contributed by atoms with Crippen LogP contribution >= 0.6 is 0 Å². The van der Waals surface area contributed by atoms with Gasteiger partial charge in [0.05, 0.1) is 18.2 Å². The number of rotatable bonds is 9. The number of hydrogen-bond donors (Lipinski definition) is 0. The van der Waals surface area contributed by atoms with Crippen molar-refractivity contribution >= 4 is 0 Å². The highest BCUT2D eigenvalue weighted by Crippen LogP contribution is 2.26. The summed E-state index contributed by atoms with van der Waals surface area (Å²) in [4.78, 5) is 10.8. The lowest BCUT2D eigenvalue weighted by atomic mass is 10.1. The second-order valence-corrected chi connectivity index (χ2v) is 5.65. The molecule has 0 unspecified atom stereocenters. The Morgan fingerprint density at radius 3 is 0.818 bits per heavy atom. The van der Waals surface area contributed by atoms with Gasteiger partial charge in [-0.25, -0.2) is 0 Å². The van der Waals surface area contributed by atoms with Gasteiger partial charge >= 0.3 is 18.0 Å². The molecule has 156 valence electrons. The van der Waals surface area contributed by atoms with Crippen molar-refractivity contribution in [2.75, 3.05) is 0 Å². The Morgan fingerprint density at radius 1 is 0.455 bits per heavy atom. The van der Waals surface area contributed by atoms with Crippen LogP contribution in [0.25, 0.3) is 0 Å². The molecule has 15 heteroatoms. The third-order valence-corrected chi connectivity index (χ3v) is 3.44. The molecule has 0 radical (unpaired) electrons. The van der Waals surface area contributed by atoms with Gasteiger partial charge in [-0.05, 0) is 0 Å². The molecule has 33 heavy (non-hydrogen) atoms. The molecule has 1 aromatic heterocycles. The van der Waals surface area contributed by atoms with E-state index in [0.29, 0.717) is 0 Å². The van der Waals surface area contributed by atoms with Gasteiger partial charge in [0.15, 0.2) is 0 Å². The predicted molar refractivity (Wildman–Crippen MR) is 94.3 cm³/mol. The summed E-state index contributed by atoms with van der Waals surface area (Å²) >= 11 is 0. The molecule has 0 bridgehead atoms. The van der Waals surface area contributed by atoms with Gasteiger partial charge in [-0.3, -0.25) is 0 Å². The summed E-state index contributed by atoms with van der Waals surface area (Å²) in [6.07, 6.45) is -2.29. The summed E-state index contributed by atoms with van der Waals surface area (Å²) in [5.74, 6) is 0. The highest BCUT2D eigenvalue weighted by atomic mass is 16.6. The van der Waals surface area contributed by atoms with E-state index in [-0.39, 0.29) is 0 Å². The minimum atomic E-state index is -2.41. The molecule has 0 fully saturated rings. The summed E-state index contributed by atoms with van der Waals surface area (Å²) in [7, 11) is 0. The Kier molecular flexibility index (Phi) is 7.95. The molecule has 15 nitrogen and oxygen atoms in total. The highest BCUT2D eigenvalue weighted by molar-refractivity contribution is 5.28. The molecule has 1 aromatic rings. The van der Waals surface area contributed by atoms with Gasteiger partial charge in [0.1, 0.15) is 55.7 Å². The fourth-order valence-electron chi connectivity index (χ4n) is 1.82. The third kappa shape index (κ3) is 5.67. The summed E-state index contributed by atoms with van der Waals surface area (Å²) < 4.78 is 15.2. The van der Waals surface area contributed by atoms with Crippen molar-refractivity contribution in [2.24, 2.45) is 0 Å². The first-order chi connectivity index (χ1) is 15.8. The van der Waals surface area contributed by atoms with Crippen molar-refractivity contribution in [2.45, 2.75) is 36.1 Å². The van der Waals surface area contributed by atoms with E-state index in [0.717, 1.165) is 0 Å². The quantitative estimate of drug-likeness (QED) is 0.494. The molecule has 0 N–H and O–H groups in total. The molecule has 1 rings (SSSR count). The molecule has 0 saturated carbocycles. The standard InChI is InChI=1S/C18H6N12O3/c19-4-1-16(7-22,8-23)31-13-28-14(32-17(9-24,10-25)2-5-20)30-15(29-13)33-18(11-26,12-27)3-6-21/h1-3H2. The van der Waals surface area contributed by atoms with Gasteiger partial charge in [-0.15, -0.1) is 15.0 Å². The van der Waals surface area contributed by atoms with E-state index in [4.69, 9.17) is 30.0 Å². The maximum absolute atomic E-state index is 9.25. The molecule has 0 aliphatic heterocycles. The van der Waals surface area contributed by atoms with Crippen LogP contribution in [0.5, 0.6) is 18.0 Å². The van der Waals surface area contributed by atoms with Crippen LogP contribution in [0, 0.1) is 102 Å². The molecule has 1 heterocycles. The fraction of sp³-hybridized carbons (Fsp3) is 0.333. The maximum Gasteiger partial charge on any atom is 0.328 e. The zero-order valence-corrected chi connectivity index (χ0v) is 16.2. The van der Waals surface area contributed by atoms with E-state index in [2.05, 4.69) is 15.0 Å². The number of aromatic nitrogens is 3. The Hall–Kier alpha value is -6.18. The van der Waals surface area contributed by atoms with Crippen LogP contribution in [0.15, 0.2) is 0 Å². The van der Waals surface area contributed by atoms with Crippen molar-refractivity contribution in [1.29, 1.82) is 47.4 Å². The van der Waals surface area contributed by atoms with Crippen molar-refractivity contribution in [1.82, 2.24) is 15.0 Å². The Bertz CT molecular complexity index is 1090. The minimum Gasteiger partial charge on any atom is -0.426 e. The van der Waals surface area contributed by atoms with Crippen LogP contribution in [0.1, 0.15) is 19.3 Å². The number of hydrogen-bond acceptors (Lipinski definition) is 15. The first-order valence-corrected chi connectivity index (χ1v) is 8.20. The average Bonchev–Trinajstić information content (AvgIpc) is 2.82. The van der Waals surface area contributed by atoms with E-state index in [1.165, 1.54) is 36.4 Å². The molecule has 0 aromatic carbocycles. The molecule has 0 atom stereocenters. The second kappa shape index (κ2) is 10.6. The number of nitriles is 9. The smallest absolute Gasteiger partial charge is 0.328 e. The second-order valence-electron chi connectivity index (χ2n) is 5.65. The van der Waals surface area contributed by atoms with Gasteiger partial charge in [-0.2, -0.15) is 47.4 Å². The SMILES string of the molecule is N#CCC(C#N)(C#N)Oc1nc(OC(C#N)(C#N)CC#N)nc(OC(C#N)(C#N)CC#N)n1. The third-order valence-electron chi connectivity index (χ3n) is 3.44. The molecule has 0 aliphatic carbocycles. The van der Waals surface area contributed by atoms with Gasteiger partial charge in [0, 0.05) is 0 Å². The predicted octanol–water partition coefficient (Wildman–Crippen LogP) is 0.107. The Labute approximate surface area is 185 Å². The lowest BCUT2D eigenvalue weighted by molar-refractivity contribution is 0.132. The first kappa shape index (κ1) is 24.9.